The summed E-state index contributed by atoms with van der Waals surface area (Å²) in [5.41, 5.74) is 2.41. The topological polar surface area (TPSA) is 17.1 Å². The number of benzene rings is 2. The largest absolute Gasteiger partial charge is 0.303 e. The van der Waals surface area contributed by atoms with E-state index in [9.17, 15) is 4.79 Å². The summed E-state index contributed by atoms with van der Waals surface area (Å²) < 4.78 is 0. The first-order chi connectivity index (χ1) is 8.79. The van der Waals surface area contributed by atoms with Gasteiger partial charge in [-0.3, -0.25) is 0 Å². The first kappa shape index (κ1) is 12.8. The van der Waals surface area contributed by atoms with Crippen molar-refractivity contribution in [3.8, 4) is 0 Å². The summed E-state index contributed by atoms with van der Waals surface area (Å²) in [5, 5.41) is 0.725. The molecule has 92 valence electrons. The van der Waals surface area contributed by atoms with Gasteiger partial charge in [0.2, 0.25) is 0 Å². The van der Waals surface area contributed by atoms with E-state index in [-0.39, 0.29) is 5.92 Å². The Bertz CT molecular complexity index is 490. The van der Waals surface area contributed by atoms with Crippen LogP contribution >= 0.6 is 11.6 Å². The highest BCUT2D eigenvalue weighted by molar-refractivity contribution is 6.30. The second-order valence-corrected chi connectivity index (χ2v) is 4.78. The van der Waals surface area contributed by atoms with Crippen LogP contribution in [0.1, 0.15) is 23.5 Å². The maximum Gasteiger partial charge on any atom is 0.120 e. The average Bonchev–Trinajstić information content (AvgIpc) is 2.40. The molecule has 0 amide bonds. The Morgan fingerprint density at radius 3 is 2.28 bits per heavy atom. The summed E-state index contributed by atoms with van der Waals surface area (Å²) in [7, 11) is 0. The molecule has 0 aliphatic heterocycles. The van der Waals surface area contributed by atoms with E-state index in [1.54, 1.807) is 0 Å². The van der Waals surface area contributed by atoms with E-state index in [4.69, 9.17) is 11.6 Å². The van der Waals surface area contributed by atoms with E-state index in [2.05, 4.69) is 12.1 Å². The quantitative estimate of drug-likeness (QED) is 0.733. The number of carbonyl (C=O) groups excluding carboxylic acids is 1. The van der Waals surface area contributed by atoms with Crippen LogP contribution in [0.5, 0.6) is 0 Å². The molecular weight excluding hydrogens is 244 g/mol. The lowest BCUT2D eigenvalue weighted by Gasteiger charge is -2.15. The molecule has 2 aromatic carbocycles. The Hall–Kier alpha value is -1.60. The van der Waals surface area contributed by atoms with Gasteiger partial charge in [0.25, 0.3) is 0 Å². The molecule has 0 unspecified atom stereocenters. The Balaban J connectivity index is 2.18. The van der Waals surface area contributed by atoms with Gasteiger partial charge < -0.3 is 4.79 Å². The molecule has 2 heteroatoms. The van der Waals surface area contributed by atoms with Crippen molar-refractivity contribution in [3.05, 3.63) is 70.7 Å². The van der Waals surface area contributed by atoms with Crippen molar-refractivity contribution in [3.63, 3.8) is 0 Å². The molecule has 0 spiro atoms. The molecular formula is C16H15ClO. The molecule has 2 rings (SSSR count). The SMILES string of the molecule is O=CC[C@H](Cc1ccccc1)c1ccc(Cl)cc1. The van der Waals surface area contributed by atoms with Crippen LogP contribution in [0.15, 0.2) is 54.6 Å². The molecule has 0 bridgehead atoms. The van der Waals surface area contributed by atoms with Gasteiger partial charge in [-0.2, -0.15) is 0 Å². The van der Waals surface area contributed by atoms with Crippen LogP contribution in [0.4, 0.5) is 0 Å². The van der Waals surface area contributed by atoms with Gasteiger partial charge in [0.1, 0.15) is 6.29 Å². The van der Waals surface area contributed by atoms with Gasteiger partial charge in [-0.15, -0.1) is 0 Å². The van der Waals surface area contributed by atoms with Crippen LogP contribution in [0.2, 0.25) is 5.02 Å². The van der Waals surface area contributed by atoms with Crippen molar-refractivity contribution < 1.29 is 4.79 Å². The fraction of sp³-hybridized carbons (Fsp3) is 0.188. The van der Waals surface area contributed by atoms with E-state index in [0.29, 0.717) is 6.42 Å². The van der Waals surface area contributed by atoms with Crippen molar-refractivity contribution in [1.29, 1.82) is 0 Å². The molecule has 1 atom stereocenters. The second kappa shape index (κ2) is 6.36. The molecule has 0 heterocycles. The number of halogens is 1. The predicted molar refractivity (Wildman–Crippen MR) is 75.0 cm³/mol. The molecule has 0 saturated carbocycles. The van der Waals surface area contributed by atoms with Gasteiger partial charge in [-0.05, 0) is 35.6 Å². The third-order valence-corrected chi connectivity index (χ3v) is 3.30. The molecule has 0 aliphatic rings. The predicted octanol–water partition coefficient (Wildman–Crippen LogP) is 4.26. The third-order valence-electron chi connectivity index (χ3n) is 3.05. The van der Waals surface area contributed by atoms with Gasteiger partial charge in [0, 0.05) is 11.4 Å². The van der Waals surface area contributed by atoms with E-state index in [1.165, 1.54) is 5.56 Å². The van der Waals surface area contributed by atoms with Gasteiger partial charge in [0.05, 0.1) is 0 Å². The van der Waals surface area contributed by atoms with E-state index < -0.39 is 0 Å². The standard InChI is InChI=1S/C16H15ClO/c17-16-8-6-14(7-9-16)15(10-11-18)12-13-4-2-1-3-5-13/h1-9,11,15H,10,12H2/t15-/m1/s1. The zero-order valence-corrected chi connectivity index (χ0v) is 10.8. The third kappa shape index (κ3) is 3.44. The minimum absolute atomic E-state index is 0.224. The molecule has 0 saturated heterocycles. The monoisotopic (exact) mass is 258 g/mol. The maximum absolute atomic E-state index is 10.8. The molecule has 0 fully saturated rings. The highest BCUT2D eigenvalue weighted by atomic mass is 35.5. The summed E-state index contributed by atoms with van der Waals surface area (Å²) in [6, 6.07) is 18.0. The van der Waals surface area contributed by atoms with Crippen molar-refractivity contribution in [1.82, 2.24) is 0 Å². The van der Waals surface area contributed by atoms with Crippen LogP contribution in [0.25, 0.3) is 0 Å². The number of hydrogen-bond acceptors (Lipinski definition) is 1. The molecule has 0 N–H and O–H groups in total. The van der Waals surface area contributed by atoms with Crippen molar-refractivity contribution >= 4 is 17.9 Å². The number of carbonyl (C=O) groups is 1. The summed E-state index contributed by atoms with van der Waals surface area (Å²) in [6.07, 6.45) is 2.40. The molecule has 0 aliphatic carbocycles. The zero-order chi connectivity index (χ0) is 12.8. The lowest BCUT2D eigenvalue weighted by molar-refractivity contribution is -0.108. The lowest BCUT2D eigenvalue weighted by atomic mass is 9.90. The smallest absolute Gasteiger partial charge is 0.120 e. The van der Waals surface area contributed by atoms with Crippen molar-refractivity contribution in [2.24, 2.45) is 0 Å². The van der Waals surface area contributed by atoms with E-state index in [1.807, 2.05) is 42.5 Å². The van der Waals surface area contributed by atoms with Crippen molar-refractivity contribution in [2.45, 2.75) is 18.8 Å². The van der Waals surface area contributed by atoms with Gasteiger partial charge in [0.15, 0.2) is 0 Å². The van der Waals surface area contributed by atoms with Crippen LogP contribution in [-0.4, -0.2) is 6.29 Å². The number of aldehydes is 1. The van der Waals surface area contributed by atoms with Crippen molar-refractivity contribution in [2.75, 3.05) is 0 Å². The van der Waals surface area contributed by atoms with E-state index >= 15 is 0 Å². The zero-order valence-electron chi connectivity index (χ0n) is 10.1. The molecule has 0 radical (unpaired) electrons. The van der Waals surface area contributed by atoms with Crippen LogP contribution in [-0.2, 0) is 11.2 Å². The summed E-state index contributed by atoms with van der Waals surface area (Å²) in [5.74, 6) is 0.224. The Morgan fingerprint density at radius 1 is 1.00 bits per heavy atom. The fourth-order valence-corrected chi connectivity index (χ4v) is 2.21. The highest BCUT2D eigenvalue weighted by Crippen LogP contribution is 2.24. The first-order valence-electron chi connectivity index (χ1n) is 6.02. The first-order valence-corrected chi connectivity index (χ1v) is 6.40. The molecule has 2 aromatic rings. The summed E-state index contributed by atoms with van der Waals surface area (Å²) in [4.78, 5) is 10.8. The summed E-state index contributed by atoms with van der Waals surface area (Å²) in [6.45, 7) is 0. The second-order valence-electron chi connectivity index (χ2n) is 4.34. The van der Waals surface area contributed by atoms with E-state index in [0.717, 1.165) is 23.3 Å². The fourth-order valence-electron chi connectivity index (χ4n) is 2.09. The van der Waals surface area contributed by atoms with Crippen LogP contribution < -0.4 is 0 Å². The highest BCUT2D eigenvalue weighted by Gasteiger charge is 2.11. The average molecular weight is 259 g/mol. The maximum atomic E-state index is 10.8. The van der Waals surface area contributed by atoms with Crippen LogP contribution in [0.3, 0.4) is 0 Å². The van der Waals surface area contributed by atoms with Gasteiger partial charge in [-0.25, -0.2) is 0 Å². The van der Waals surface area contributed by atoms with Gasteiger partial charge in [-0.1, -0.05) is 54.1 Å². The Labute approximate surface area is 112 Å². The lowest BCUT2D eigenvalue weighted by Crippen LogP contribution is -2.03. The number of hydrogen-bond donors (Lipinski definition) is 0. The minimum Gasteiger partial charge on any atom is -0.303 e. The normalized spacial score (nSPS) is 12.1. The Kier molecular flexibility index (Phi) is 4.54. The Morgan fingerprint density at radius 2 is 1.67 bits per heavy atom. The van der Waals surface area contributed by atoms with Crippen LogP contribution in [0, 0.1) is 0 Å². The van der Waals surface area contributed by atoms with Gasteiger partial charge >= 0.3 is 0 Å². The minimum atomic E-state index is 0.224. The molecule has 0 aromatic heterocycles. The molecule has 18 heavy (non-hydrogen) atoms. The summed E-state index contributed by atoms with van der Waals surface area (Å²) >= 11 is 5.88. The number of rotatable bonds is 5. The molecule has 1 nitrogen and oxygen atoms in total.